The average Bonchev–Trinajstić information content (AvgIpc) is 2.29. The Morgan fingerprint density at radius 2 is 1.94 bits per heavy atom. The molecule has 0 bridgehead atoms. The molecule has 1 aromatic rings. The maximum absolute atomic E-state index is 13.4. The van der Waals surface area contributed by atoms with Gasteiger partial charge < -0.3 is 14.9 Å². The van der Waals surface area contributed by atoms with E-state index in [9.17, 15) is 4.39 Å². The third-order valence-corrected chi connectivity index (χ3v) is 2.61. The van der Waals surface area contributed by atoms with Crippen molar-refractivity contribution in [2.75, 3.05) is 20.3 Å². The fraction of sp³-hybridized carbons (Fsp3) is 0.500. The van der Waals surface area contributed by atoms with Crippen LogP contribution in [-0.2, 0) is 6.42 Å². The lowest BCUT2D eigenvalue weighted by atomic mass is 9.85. The van der Waals surface area contributed by atoms with Crippen molar-refractivity contribution < 1.29 is 19.3 Å². The summed E-state index contributed by atoms with van der Waals surface area (Å²) in [7, 11) is 1.41. The number of aliphatic hydroxyl groups is 2. The third kappa shape index (κ3) is 2.93. The van der Waals surface area contributed by atoms with Gasteiger partial charge in [0.2, 0.25) is 0 Å². The van der Waals surface area contributed by atoms with Gasteiger partial charge in [0.05, 0.1) is 20.3 Å². The minimum absolute atomic E-state index is 0.142. The molecular weight excluding hydrogens is 211 g/mol. The molecule has 0 aliphatic carbocycles. The number of hydrogen-bond donors (Lipinski definition) is 2. The number of ether oxygens (including phenoxy) is 1. The molecule has 0 radical (unpaired) electrons. The summed E-state index contributed by atoms with van der Waals surface area (Å²) in [6.45, 7) is 1.46. The summed E-state index contributed by atoms with van der Waals surface area (Å²) < 4.78 is 18.2. The highest BCUT2D eigenvalue weighted by atomic mass is 19.1. The van der Waals surface area contributed by atoms with Crippen molar-refractivity contribution in [3.8, 4) is 5.75 Å². The standard InChI is InChI=1S/C12H17FO3/c1-12(7-14,8-15)6-9-3-4-11(16-2)10(13)5-9/h3-5,14-15H,6-8H2,1-2H3. The van der Waals surface area contributed by atoms with E-state index >= 15 is 0 Å². The minimum atomic E-state index is -0.624. The van der Waals surface area contributed by atoms with E-state index in [0.29, 0.717) is 6.42 Å². The zero-order valence-electron chi connectivity index (χ0n) is 9.53. The van der Waals surface area contributed by atoms with Crippen molar-refractivity contribution in [2.24, 2.45) is 5.41 Å². The molecule has 0 amide bonds. The highest BCUT2D eigenvalue weighted by Crippen LogP contribution is 2.24. The molecule has 1 aromatic carbocycles. The Bertz CT molecular complexity index is 348. The summed E-state index contributed by atoms with van der Waals surface area (Å²) >= 11 is 0. The number of methoxy groups -OCH3 is 1. The smallest absolute Gasteiger partial charge is 0.165 e. The second-order valence-electron chi connectivity index (χ2n) is 4.27. The van der Waals surface area contributed by atoms with E-state index in [1.807, 2.05) is 0 Å². The molecule has 0 fully saturated rings. The molecular formula is C12H17FO3. The van der Waals surface area contributed by atoms with Crippen molar-refractivity contribution in [1.29, 1.82) is 0 Å². The van der Waals surface area contributed by atoms with Crippen LogP contribution in [-0.4, -0.2) is 30.5 Å². The lowest BCUT2D eigenvalue weighted by molar-refractivity contribution is 0.0703. The van der Waals surface area contributed by atoms with Crippen LogP contribution in [0.5, 0.6) is 5.75 Å². The first-order chi connectivity index (χ1) is 7.54. The van der Waals surface area contributed by atoms with E-state index in [4.69, 9.17) is 14.9 Å². The van der Waals surface area contributed by atoms with Gasteiger partial charge in [-0.2, -0.15) is 0 Å². The first kappa shape index (κ1) is 12.9. The van der Waals surface area contributed by atoms with Gasteiger partial charge in [0.1, 0.15) is 0 Å². The van der Waals surface area contributed by atoms with Crippen LogP contribution in [0.2, 0.25) is 0 Å². The molecule has 3 nitrogen and oxygen atoms in total. The Hall–Kier alpha value is -1.13. The van der Waals surface area contributed by atoms with E-state index in [1.54, 1.807) is 19.1 Å². The van der Waals surface area contributed by atoms with Crippen molar-refractivity contribution in [3.05, 3.63) is 29.6 Å². The van der Waals surface area contributed by atoms with Crippen LogP contribution >= 0.6 is 0 Å². The zero-order valence-corrected chi connectivity index (χ0v) is 9.53. The van der Waals surface area contributed by atoms with E-state index in [-0.39, 0.29) is 19.0 Å². The summed E-state index contributed by atoms with van der Waals surface area (Å²) in [5.74, 6) is -0.239. The van der Waals surface area contributed by atoms with Gasteiger partial charge in [0.25, 0.3) is 0 Å². The van der Waals surface area contributed by atoms with Crippen LogP contribution in [0, 0.1) is 11.2 Å². The normalized spacial score (nSPS) is 11.6. The number of rotatable bonds is 5. The molecule has 16 heavy (non-hydrogen) atoms. The first-order valence-electron chi connectivity index (χ1n) is 5.09. The van der Waals surface area contributed by atoms with Crippen LogP contribution in [0.4, 0.5) is 4.39 Å². The summed E-state index contributed by atoms with van der Waals surface area (Å²) in [5, 5.41) is 18.3. The van der Waals surface area contributed by atoms with Crippen molar-refractivity contribution in [3.63, 3.8) is 0 Å². The topological polar surface area (TPSA) is 49.7 Å². The Kier molecular flexibility index (Phi) is 4.26. The molecule has 0 saturated carbocycles. The monoisotopic (exact) mass is 228 g/mol. The van der Waals surface area contributed by atoms with Gasteiger partial charge in [-0.3, -0.25) is 0 Å². The highest BCUT2D eigenvalue weighted by Gasteiger charge is 2.23. The SMILES string of the molecule is COc1ccc(CC(C)(CO)CO)cc1F. The molecule has 2 N–H and O–H groups in total. The Morgan fingerprint density at radius 3 is 2.38 bits per heavy atom. The number of aliphatic hydroxyl groups excluding tert-OH is 2. The van der Waals surface area contributed by atoms with Gasteiger partial charge in [-0.1, -0.05) is 13.0 Å². The van der Waals surface area contributed by atoms with E-state index in [0.717, 1.165) is 5.56 Å². The minimum Gasteiger partial charge on any atom is -0.494 e. The van der Waals surface area contributed by atoms with Gasteiger partial charge in [-0.15, -0.1) is 0 Å². The lowest BCUT2D eigenvalue weighted by Crippen LogP contribution is -2.28. The van der Waals surface area contributed by atoms with Gasteiger partial charge in [-0.25, -0.2) is 4.39 Å². The fourth-order valence-corrected chi connectivity index (χ4v) is 1.47. The van der Waals surface area contributed by atoms with Crippen LogP contribution in [0.25, 0.3) is 0 Å². The van der Waals surface area contributed by atoms with Gasteiger partial charge in [0.15, 0.2) is 11.6 Å². The largest absolute Gasteiger partial charge is 0.494 e. The Labute approximate surface area is 94.5 Å². The van der Waals surface area contributed by atoms with Gasteiger partial charge in [-0.05, 0) is 24.1 Å². The Balaban J connectivity index is 2.86. The summed E-state index contributed by atoms with van der Waals surface area (Å²) in [6.07, 6.45) is 0.418. The van der Waals surface area contributed by atoms with E-state index < -0.39 is 11.2 Å². The van der Waals surface area contributed by atoms with Crippen LogP contribution < -0.4 is 4.74 Å². The fourth-order valence-electron chi connectivity index (χ4n) is 1.47. The number of hydrogen-bond acceptors (Lipinski definition) is 3. The summed E-state index contributed by atoms with van der Waals surface area (Å²) in [5.41, 5.74) is 0.102. The molecule has 90 valence electrons. The number of benzene rings is 1. The second-order valence-corrected chi connectivity index (χ2v) is 4.27. The van der Waals surface area contributed by atoms with Crippen molar-refractivity contribution in [2.45, 2.75) is 13.3 Å². The molecule has 0 unspecified atom stereocenters. The molecule has 0 spiro atoms. The molecule has 0 heterocycles. The molecule has 0 aliphatic rings. The predicted molar refractivity (Wildman–Crippen MR) is 58.9 cm³/mol. The maximum atomic E-state index is 13.4. The van der Waals surface area contributed by atoms with E-state index in [2.05, 4.69) is 0 Å². The number of halogens is 1. The zero-order chi connectivity index (χ0) is 12.2. The predicted octanol–water partition coefficient (Wildman–Crippen LogP) is 1.37. The quantitative estimate of drug-likeness (QED) is 0.800. The maximum Gasteiger partial charge on any atom is 0.165 e. The van der Waals surface area contributed by atoms with Crippen LogP contribution in [0.3, 0.4) is 0 Å². The van der Waals surface area contributed by atoms with Crippen molar-refractivity contribution >= 4 is 0 Å². The molecule has 0 aliphatic heterocycles. The molecule has 0 saturated heterocycles. The lowest BCUT2D eigenvalue weighted by Gasteiger charge is -2.24. The van der Waals surface area contributed by atoms with Gasteiger partial charge >= 0.3 is 0 Å². The summed E-state index contributed by atoms with van der Waals surface area (Å²) in [6, 6.07) is 4.63. The molecule has 1 rings (SSSR count). The van der Waals surface area contributed by atoms with Crippen LogP contribution in [0.1, 0.15) is 12.5 Å². The molecule has 0 atom stereocenters. The van der Waals surface area contributed by atoms with E-state index in [1.165, 1.54) is 13.2 Å². The highest BCUT2D eigenvalue weighted by molar-refractivity contribution is 5.29. The van der Waals surface area contributed by atoms with Crippen molar-refractivity contribution in [1.82, 2.24) is 0 Å². The third-order valence-electron chi connectivity index (χ3n) is 2.61. The average molecular weight is 228 g/mol. The Morgan fingerprint density at radius 1 is 1.31 bits per heavy atom. The van der Waals surface area contributed by atoms with Crippen LogP contribution in [0.15, 0.2) is 18.2 Å². The second kappa shape index (κ2) is 5.27. The molecule has 4 heteroatoms. The first-order valence-corrected chi connectivity index (χ1v) is 5.09. The summed E-state index contributed by atoms with van der Waals surface area (Å²) in [4.78, 5) is 0. The molecule has 0 aromatic heterocycles. The van der Waals surface area contributed by atoms with Gasteiger partial charge in [0, 0.05) is 5.41 Å².